The molecule has 4 aromatic carbocycles. The molecule has 0 bridgehead atoms. The maximum atomic E-state index is 13.2. The van der Waals surface area contributed by atoms with Gasteiger partial charge in [-0.1, -0.05) is 17.9 Å². The molecule has 0 atom stereocenters. The maximum Gasteiger partial charge on any atom is 0.397 e. The minimum Gasteiger partial charge on any atom is -0.508 e. The van der Waals surface area contributed by atoms with Crippen LogP contribution in [-0.4, -0.2) is 53.8 Å². The lowest BCUT2D eigenvalue weighted by atomic mass is 9.90. The van der Waals surface area contributed by atoms with Gasteiger partial charge in [-0.25, -0.2) is 14.0 Å². The van der Waals surface area contributed by atoms with Crippen LogP contribution >= 0.6 is 0 Å². The van der Waals surface area contributed by atoms with Crippen molar-refractivity contribution in [3.63, 3.8) is 0 Å². The van der Waals surface area contributed by atoms with Crippen molar-refractivity contribution in [3.05, 3.63) is 134 Å². The van der Waals surface area contributed by atoms with Crippen LogP contribution in [0.5, 0.6) is 5.75 Å². The van der Waals surface area contributed by atoms with Crippen LogP contribution in [0.2, 0.25) is 0 Å². The van der Waals surface area contributed by atoms with Gasteiger partial charge < -0.3 is 23.9 Å². The number of nitrogens with zero attached hydrogens (tertiary/aromatic N) is 2. The SMILES string of the molecule is CCN(CCCOS(=O)(=O)O)c1ccc2nc3c4cc(C#Cc5ccc(-c6c7ccc(=O)cc-7oc7cc(O)ccc67)c(C(=O)O)c5)ccc4c(=O)cc-3oc2c1. The van der Waals surface area contributed by atoms with Crippen LogP contribution in [-0.2, 0) is 14.6 Å². The van der Waals surface area contributed by atoms with E-state index < -0.39 is 16.4 Å². The largest absolute Gasteiger partial charge is 0.508 e. The van der Waals surface area contributed by atoms with Crippen LogP contribution in [0.25, 0.3) is 66.7 Å². The fraction of sp³-hybridized carbons (Fsp3) is 0.116. The van der Waals surface area contributed by atoms with Crippen LogP contribution in [0, 0.1) is 11.8 Å². The molecule has 4 aromatic rings. The van der Waals surface area contributed by atoms with Crippen LogP contribution < -0.4 is 15.8 Å². The normalized spacial score (nSPS) is 11.7. The molecule has 2 aliphatic carbocycles. The molecular weight excluding hydrogens is 753 g/mol. The number of aromatic carboxylic acids is 1. The van der Waals surface area contributed by atoms with Crippen molar-refractivity contribution in [2.45, 2.75) is 13.3 Å². The van der Waals surface area contributed by atoms with Crippen molar-refractivity contribution >= 4 is 54.9 Å². The smallest absolute Gasteiger partial charge is 0.397 e. The molecule has 0 fully saturated rings. The van der Waals surface area contributed by atoms with Crippen molar-refractivity contribution in [2.75, 3.05) is 24.6 Å². The number of aromatic hydroxyl groups is 1. The Morgan fingerprint density at radius 2 is 1.54 bits per heavy atom. The van der Waals surface area contributed by atoms with E-state index in [1.807, 2.05) is 17.9 Å². The summed E-state index contributed by atoms with van der Waals surface area (Å²) in [5.41, 5.74) is 4.23. The second-order valence-corrected chi connectivity index (χ2v) is 14.3. The van der Waals surface area contributed by atoms with Gasteiger partial charge in [0.25, 0.3) is 0 Å². The number of benzene rings is 6. The number of phenolic OH excluding ortho intramolecular Hbond substituents is 1. The Hall–Kier alpha value is -7.05. The van der Waals surface area contributed by atoms with Crippen molar-refractivity contribution < 1.29 is 41.0 Å². The summed E-state index contributed by atoms with van der Waals surface area (Å²) in [7, 11) is -4.52. The lowest BCUT2D eigenvalue weighted by Crippen LogP contribution is -2.25. The topological polar surface area (TPSA) is 198 Å². The second kappa shape index (κ2) is 14.5. The fourth-order valence-corrected chi connectivity index (χ4v) is 7.26. The minimum absolute atomic E-state index is 0.0375. The highest BCUT2D eigenvalue weighted by molar-refractivity contribution is 7.80. The molecule has 3 N–H and O–H groups in total. The van der Waals surface area contributed by atoms with E-state index >= 15 is 0 Å². The first-order valence-electron chi connectivity index (χ1n) is 17.6. The van der Waals surface area contributed by atoms with E-state index in [4.69, 9.17) is 18.4 Å². The zero-order valence-corrected chi connectivity index (χ0v) is 30.8. The monoisotopic (exact) mass is 782 g/mol. The summed E-state index contributed by atoms with van der Waals surface area (Å²) in [6.07, 6.45) is 0.332. The molecule has 2 aliphatic heterocycles. The third-order valence-electron chi connectivity index (χ3n) is 9.53. The molecule has 0 unspecified atom stereocenters. The first-order chi connectivity index (χ1) is 27.3. The highest BCUT2D eigenvalue weighted by Gasteiger charge is 2.23. The van der Waals surface area contributed by atoms with Gasteiger partial charge in [0.2, 0.25) is 0 Å². The first kappa shape index (κ1) is 36.9. The number of carboxylic acids is 1. The Bertz CT molecular complexity index is 3160. The van der Waals surface area contributed by atoms with Gasteiger partial charge >= 0.3 is 16.4 Å². The Morgan fingerprint density at radius 1 is 0.807 bits per heavy atom. The first-order valence-corrected chi connectivity index (χ1v) is 19.0. The van der Waals surface area contributed by atoms with Crippen molar-refractivity contribution in [1.82, 2.24) is 4.98 Å². The summed E-state index contributed by atoms with van der Waals surface area (Å²) in [4.78, 5) is 44.9. The molecular formula is C43H30N2O11S. The molecule has 0 aromatic heterocycles. The molecule has 14 heteroatoms. The second-order valence-electron chi connectivity index (χ2n) is 13.2. The van der Waals surface area contributed by atoms with E-state index in [1.165, 1.54) is 36.4 Å². The lowest BCUT2D eigenvalue weighted by molar-refractivity contribution is 0.0697. The summed E-state index contributed by atoms with van der Waals surface area (Å²) < 4.78 is 47.1. The van der Waals surface area contributed by atoms with Crippen LogP contribution in [0.1, 0.15) is 34.8 Å². The predicted molar refractivity (Wildman–Crippen MR) is 214 cm³/mol. The molecule has 0 radical (unpaired) electrons. The molecule has 0 amide bonds. The van der Waals surface area contributed by atoms with E-state index in [0.29, 0.717) is 80.3 Å². The highest BCUT2D eigenvalue weighted by atomic mass is 32.3. The van der Waals surface area contributed by atoms with Crippen molar-refractivity contribution in [1.29, 1.82) is 0 Å². The standard InChI is InChI=1S/C43H30N2O11S/c1-2-45(16-3-17-54-57(51,52)53)26-8-15-35-39(20-26)56-40-23-36(48)29-11-6-24(18-33(29)42(40)44-35)4-5-25-7-12-30(34(19-25)43(49)50)41-31-13-9-27(46)21-37(31)55-38-22-28(47)10-14-32(38)41/h6-15,18-23,46H,2-3,16-17H2,1H3,(H,49,50)(H,51,52,53). The van der Waals surface area contributed by atoms with Gasteiger partial charge in [-0.3, -0.25) is 14.1 Å². The van der Waals surface area contributed by atoms with Crippen LogP contribution in [0.4, 0.5) is 5.69 Å². The number of anilines is 1. The fourth-order valence-electron chi connectivity index (χ4n) is 6.94. The summed E-state index contributed by atoms with van der Waals surface area (Å²) >= 11 is 0. The number of aromatic nitrogens is 1. The van der Waals surface area contributed by atoms with Gasteiger partial charge in [0, 0.05) is 81.5 Å². The summed E-state index contributed by atoms with van der Waals surface area (Å²) in [6.45, 7) is 2.78. The Morgan fingerprint density at radius 3 is 2.32 bits per heavy atom. The van der Waals surface area contributed by atoms with Crippen LogP contribution in [0.3, 0.4) is 0 Å². The van der Waals surface area contributed by atoms with Gasteiger partial charge in [-0.15, -0.1) is 0 Å². The number of fused-ring (bicyclic) bond motifs is 6. The summed E-state index contributed by atoms with van der Waals surface area (Å²) in [5, 5.41) is 22.0. The number of phenols is 1. The third-order valence-corrected chi connectivity index (χ3v) is 9.99. The zero-order chi connectivity index (χ0) is 40.0. The van der Waals surface area contributed by atoms with Gasteiger partial charge in [0.05, 0.1) is 12.2 Å². The Kier molecular flexibility index (Phi) is 9.42. The van der Waals surface area contributed by atoms with Gasteiger partial charge in [0.15, 0.2) is 22.2 Å². The summed E-state index contributed by atoms with van der Waals surface area (Å²) in [5.74, 6) is 5.39. The van der Waals surface area contributed by atoms with Crippen molar-refractivity contribution in [2.24, 2.45) is 0 Å². The van der Waals surface area contributed by atoms with Gasteiger partial charge in [-0.2, -0.15) is 8.42 Å². The average molecular weight is 783 g/mol. The predicted octanol–water partition coefficient (Wildman–Crippen LogP) is 7.16. The molecule has 0 spiro atoms. The van der Waals surface area contributed by atoms with Gasteiger partial charge in [-0.05, 0) is 85.6 Å². The molecule has 0 saturated carbocycles. The highest BCUT2D eigenvalue weighted by Crippen LogP contribution is 2.42. The molecule has 0 saturated heterocycles. The molecule has 57 heavy (non-hydrogen) atoms. The van der Waals surface area contributed by atoms with E-state index in [1.54, 1.807) is 54.6 Å². The van der Waals surface area contributed by atoms with Gasteiger partial charge in [0.1, 0.15) is 28.3 Å². The maximum absolute atomic E-state index is 13.2. The minimum atomic E-state index is -4.52. The molecule has 4 aliphatic rings. The third kappa shape index (κ3) is 7.38. The molecule has 284 valence electrons. The Balaban J connectivity index is 1.15. The van der Waals surface area contributed by atoms with E-state index in [0.717, 1.165) is 5.69 Å². The summed E-state index contributed by atoms with van der Waals surface area (Å²) in [6, 6.07) is 25.5. The molecule has 2 heterocycles. The van der Waals surface area contributed by atoms with E-state index in [9.17, 15) is 33.0 Å². The average Bonchev–Trinajstić information content (AvgIpc) is 3.18. The number of hydrogen-bond donors (Lipinski definition) is 3. The lowest BCUT2D eigenvalue weighted by Gasteiger charge is -2.23. The van der Waals surface area contributed by atoms with Crippen LogP contribution in [0.15, 0.2) is 115 Å². The Labute approximate surface area is 323 Å². The van der Waals surface area contributed by atoms with E-state index in [2.05, 4.69) is 16.0 Å². The van der Waals surface area contributed by atoms with E-state index in [-0.39, 0.29) is 45.9 Å². The van der Waals surface area contributed by atoms with Crippen molar-refractivity contribution in [3.8, 4) is 51.5 Å². The molecule has 13 nitrogen and oxygen atoms in total. The number of rotatable bonds is 9. The molecule has 8 rings (SSSR count). The number of carbonyl (C=O) groups is 1. The zero-order valence-electron chi connectivity index (χ0n) is 30.0. The quantitative estimate of drug-likeness (QED) is 0.0439. The number of hydrogen-bond acceptors (Lipinski definition) is 11. The number of carboxylic acid groups (broad SMARTS) is 1.